The Balaban J connectivity index is 1.69. The minimum Gasteiger partial charge on any atom is -0.0588 e. The number of hydrogen-bond acceptors (Lipinski definition) is 0. The molecule has 9 unspecified atom stereocenters. The lowest BCUT2D eigenvalue weighted by Crippen LogP contribution is -2.82. The van der Waals surface area contributed by atoms with Crippen LogP contribution in [-0.2, 0) is 0 Å². The Kier molecular flexibility index (Phi) is 0.909. The topological polar surface area (TPSA) is 0 Å². The van der Waals surface area contributed by atoms with Gasteiger partial charge in [0.1, 0.15) is 0 Å². The quantitative estimate of drug-likeness (QED) is 0.594. The van der Waals surface area contributed by atoms with E-state index in [2.05, 4.69) is 13.8 Å². The second-order valence-corrected chi connectivity index (χ2v) is 10.4. The molecule has 0 aromatic heterocycles. The highest BCUT2D eigenvalue weighted by molar-refractivity contribution is 5.41. The van der Waals surface area contributed by atoms with Crippen molar-refractivity contribution in [3.05, 3.63) is 0 Å². The summed E-state index contributed by atoms with van der Waals surface area (Å²) in [5.41, 5.74) is 4.20. The Morgan fingerprint density at radius 3 is 2.61 bits per heavy atom. The zero-order valence-electron chi connectivity index (χ0n) is 11.8. The fourth-order valence-electron chi connectivity index (χ4n) is 11.1. The van der Waals surface area contributed by atoms with Gasteiger partial charge >= 0.3 is 0 Å². The van der Waals surface area contributed by atoms with Gasteiger partial charge in [0.25, 0.3) is 0 Å². The van der Waals surface area contributed by atoms with Crippen LogP contribution < -0.4 is 0 Å². The van der Waals surface area contributed by atoms with Crippen molar-refractivity contribution in [1.82, 2.24) is 0 Å². The molecule has 0 aliphatic heterocycles. The van der Waals surface area contributed by atoms with Gasteiger partial charge in [0, 0.05) is 0 Å². The molecule has 9 aliphatic rings. The molecular weight excluding hydrogens is 216 g/mol. The molecule has 0 saturated heterocycles. The summed E-state index contributed by atoms with van der Waals surface area (Å²) in [6.45, 7) is 5.52. The molecule has 9 atom stereocenters. The van der Waals surface area contributed by atoms with Crippen molar-refractivity contribution in [1.29, 1.82) is 0 Å². The third-order valence-electron chi connectivity index (χ3n) is 10.8. The van der Waals surface area contributed by atoms with Crippen LogP contribution in [0.2, 0.25) is 0 Å². The molecule has 0 nitrogen and oxygen atoms in total. The van der Waals surface area contributed by atoms with Gasteiger partial charge in [-0.2, -0.15) is 0 Å². The van der Waals surface area contributed by atoms with Gasteiger partial charge in [0.2, 0.25) is 0 Å². The first-order valence-electron chi connectivity index (χ1n) is 8.49. The van der Waals surface area contributed by atoms with E-state index in [1.54, 1.807) is 44.9 Å². The van der Waals surface area contributed by atoms with Crippen LogP contribution in [0.5, 0.6) is 0 Å². The van der Waals surface area contributed by atoms with Crippen LogP contribution in [0.4, 0.5) is 0 Å². The average molecular weight is 240 g/mol. The third-order valence-corrected chi connectivity index (χ3v) is 10.8. The molecule has 0 N–H and O–H groups in total. The van der Waals surface area contributed by atoms with Gasteiger partial charge in [0.05, 0.1) is 0 Å². The molecule has 9 fully saturated rings. The summed E-state index contributed by atoms with van der Waals surface area (Å²) in [6, 6.07) is 0. The van der Waals surface area contributed by atoms with Crippen LogP contribution >= 0.6 is 0 Å². The summed E-state index contributed by atoms with van der Waals surface area (Å²) < 4.78 is 0. The van der Waals surface area contributed by atoms with Gasteiger partial charge in [-0.05, 0) is 95.7 Å². The molecule has 0 radical (unpaired) electrons. The Hall–Kier alpha value is 0. The smallest absolute Gasteiger partial charge is 0.0199 e. The van der Waals surface area contributed by atoms with Crippen LogP contribution in [0.15, 0.2) is 0 Å². The minimum absolute atomic E-state index is 0.795. The van der Waals surface area contributed by atoms with E-state index >= 15 is 0 Å². The molecule has 8 bridgehead atoms. The molecule has 0 heteroatoms. The second-order valence-electron chi connectivity index (χ2n) is 10.4. The van der Waals surface area contributed by atoms with Gasteiger partial charge in [0.15, 0.2) is 0 Å². The summed E-state index contributed by atoms with van der Waals surface area (Å²) in [6.07, 6.45) is 11.7. The molecule has 9 rings (SSSR count). The minimum atomic E-state index is 0.795. The van der Waals surface area contributed by atoms with Crippen molar-refractivity contribution >= 4 is 0 Å². The van der Waals surface area contributed by atoms with E-state index < -0.39 is 0 Å². The summed E-state index contributed by atoms with van der Waals surface area (Å²) in [5, 5.41) is 0. The van der Waals surface area contributed by atoms with Crippen LogP contribution in [0.3, 0.4) is 0 Å². The largest absolute Gasteiger partial charge is 0.0588 e. The molecule has 18 heavy (non-hydrogen) atoms. The fourth-order valence-corrected chi connectivity index (χ4v) is 11.1. The monoisotopic (exact) mass is 240 g/mol. The van der Waals surface area contributed by atoms with Crippen LogP contribution in [-0.4, -0.2) is 0 Å². The standard InChI is InChI=1S/C18H24/c1-14-8-17-5-11(14)13-10-3-16(7-15(13,17)2)9-18(14,4-10)12(16)6-17/h10-13H,3-9H2,1-2H3. The predicted molar refractivity (Wildman–Crippen MR) is 69.8 cm³/mol. The van der Waals surface area contributed by atoms with E-state index in [-0.39, 0.29) is 0 Å². The average Bonchev–Trinajstić information content (AvgIpc) is 2.73. The summed E-state index contributed by atoms with van der Waals surface area (Å²) in [5.74, 6) is 4.69. The molecule has 9 aliphatic carbocycles. The van der Waals surface area contributed by atoms with Gasteiger partial charge < -0.3 is 0 Å². The van der Waals surface area contributed by atoms with E-state index in [0.29, 0.717) is 0 Å². The molecule has 96 valence electrons. The molecule has 0 aromatic rings. The van der Waals surface area contributed by atoms with Crippen molar-refractivity contribution in [2.45, 2.75) is 58.8 Å². The van der Waals surface area contributed by atoms with Crippen LogP contribution in [0.1, 0.15) is 58.8 Å². The van der Waals surface area contributed by atoms with Crippen molar-refractivity contribution in [2.24, 2.45) is 50.7 Å². The summed E-state index contributed by atoms with van der Waals surface area (Å²) >= 11 is 0. The van der Waals surface area contributed by atoms with Crippen LogP contribution in [0, 0.1) is 50.7 Å². The Morgan fingerprint density at radius 2 is 1.72 bits per heavy atom. The molecular formula is C18H24. The van der Waals surface area contributed by atoms with E-state index in [1.165, 1.54) is 17.8 Å². The van der Waals surface area contributed by atoms with Crippen molar-refractivity contribution in [2.75, 3.05) is 0 Å². The SMILES string of the molecule is CC12CC34CC5CC6(C3)C4CC13CC(C52)C6(C)C3. The third kappa shape index (κ3) is 0.465. The fraction of sp³-hybridized carbons (Fsp3) is 1.00. The normalized spacial score (nSPS) is 87.0. The van der Waals surface area contributed by atoms with E-state index in [1.807, 2.05) is 0 Å². The summed E-state index contributed by atoms with van der Waals surface area (Å²) in [7, 11) is 0. The van der Waals surface area contributed by atoms with E-state index in [4.69, 9.17) is 0 Å². The van der Waals surface area contributed by atoms with Crippen LogP contribution in [0.25, 0.3) is 0 Å². The molecule has 9 saturated carbocycles. The van der Waals surface area contributed by atoms with E-state index in [9.17, 15) is 0 Å². The second kappa shape index (κ2) is 1.81. The molecule has 0 amide bonds. The first-order valence-corrected chi connectivity index (χ1v) is 8.49. The maximum Gasteiger partial charge on any atom is -0.0199 e. The van der Waals surface area contributed by atoms with Crippen molar-refractivity contribution in [3.63, 3.8) is 0 Å². The van der Waals surface area contributed by atoms with Gasteiger partial charge in [-0.15, -0.1) is 0 Å². The maximum atomic E-state index is 2.76. The number of hydrogen-bond donors (Lipinski definition) is 0. The Labute approximate surface area is 110 Å². The molecule has 3 spiro atoms. The molecule has 0 aromatic carbocycles. The maximum absolute atomic E-state index is 2.76. The van der Waals surface area contributed by atoms with Crippen molar-refractivity contribution in [3.8, 4) is 0 Å². The van der Waals surface area contributed by atoms with Crippen molar-refractivity contribution < 1.29 is 0 Å². The van der Waals surface area contributed by atoms with Gasteiger partial charge in [-0.25, -0.2) is 0 Å². The number of rotatable bonds is 0. The zero-order chi connectivity index (χ0) is 11.8. The Morgan fingerprint density at radius 1 is 0.833 bits per heavy atom. The zero-order valence-corrected chi connectivity index (χ0v) is 11.8. The summed E-state index contributed by atoms with van der Waals surface area (Å²) in [4.78, 5) is 0. The molecule has 0 heterocycles. The first-order chi connectivity index (χ1) is 8.49. The highest BCUT2D eigenvalue weighted by Gasteiger charge is 2.92. The van der Waals surface area contributed by atoms with Gasteiger partial charge in [-0.1, -0.05) is 13.8 Å². The van der Waals surface area contributed by atoms with E-state index in [0.717, 1.165) is 33.0 Å². The Bertz CT molecular complexity index is 546. The lowest BCUT2D eigenvalue weighted by atomic mass is 9.15. The first kappa shape index (κ1) is 9.03. The highest BCUT2D eigenvalue weighted by Crippen LogP contribution is 3.00. The highest BCUT2D eigenvalue weighted by atomic mass is 15.0. The lowest BCUT2D eigenvalue weighted by Gasteiger charge is -2.89. The van der Waals surface area contributed by atoms with Gasteiger partial charge in [-0.3, -0.25) is 0 Å². The predicted octanol–water partition coefficient (Wildman–Crippen LogP) is 4.25. The lowest BCUT2D eigenvalue weighted by molar-refractivity contribution is -0.408.